The van der Waals surface area contributed by atoms with Crippen LogP contribution in [-0.2, 0) is 4.79 Å². The van der Waals surface area contributed by atoms with Gasteiger partial charge < -0.3 is 28.7 Å². The van der Waals surface area contributed by atoms with Crippen molar-refractivity contribution in [2.45, 2.75) is 6.92 Å². The molecule has 31 heavy (non-hydrogen) atoms. The SMILES string of the molecule is CCOc1ccccc1OCC(=O)N1CCN(C(=O)c2cc(OC)cc(OC)c2)CC1. The zero-order chi connectivity index (χ0) is 22.2. The van der Waals surface area contributed by atoms with Gasteiger partial charge in [-0.3, -0.25) is 9.59 Å². The molecule has 8 nitrogen and oxygen atoms in total. The molecule has 2 aromatic carbocycles. The van der Waals surface area contributed by atoms with E-state index >= 15 is 0 Å². The molecule has 1 fully saturated rings. The van der Waals surface area contributed by atoms with Crippen LogP contribution in [0.15, 0.2) is 42.5 Å². The number of methoxy groups -OCH3 is 2. The van der Waals surface area contributed by atoms with Crippen molar-refractivity contribution >= 4 is 11.8 Å². The van der Waals surface area contributed by atoms with Crippen LogP contribution < -0.4 is 18.9 Å². The molecule has 1 heterocycles. The number of benzene rings is 2. The zero-order valence-corrected chi connectivity index (χ0v) is 18.1. The van der Waals surface area contributed by atoms with Crippen molar-refractivity contribution in [3.05, 3.63) is 48.0 Å². The van der Waals surface area contributed by atoms with Gasteiger partial charge in [0.15, 0.2) is 18.1 Å². The van der Waals surface area contributed by atoms with Crippen molar-refractivity contribution in [1.29, 1.82) is 0 Å². The Balaban J connectivity index is 1.54. The number of piperazine rings is 1. The molecule has 166 valence electrons. The molecule has 1 aliphatic heterocycles. The van der Waals surface area contributed by atoms with Crippen LogP contribution in [0, 0.1) is 0 Å². The molecule has 0 N–H and O–H groups in total. The number of nitrogens with zero attached hydrogens (tertiary/aromatic N) is 2. The largest absolute Gasteiger partial charge is 0.497 e. The molecule has 2 amide bonds. The van der Waals surface area contributed by atoms with Gasteiger partial charge in [0.25, 0.3) is 11.8 Å². The number of amides is 2. The quantitative estimate of drug-likeness (QED) is 0.643. The molecule has 2 aromatic rings. The van der Waals surface area contributed by atoms with Crippen LogP contribution in [0.25, 0.3) is 0 Å². The summed E-state index contributed by atoms with van der Waals surface area (Å²) in [5.74, 6) is 2.02. The summed E-state index contributed by atoms with van der Waals surface area (Å²) in [5.41, 5.74) is 0.492. The highest BCUT2D eigenvalue weighted by Gasteiger charge is 2.26. The molecule has 3 rings (SSSR count). The fraction of sp³-hybridized carbons (Fsp3) is 0.391. The van der Waals surface area contributed by atoms with Crippen LogP contribution in [0.4, 0.5) is 0 Å². The maximum Gasteiger partial charge on any atom is 0.260 e. The minimum Gasteiger partial charge on any atom is -0.497 e. The predicted molar refractivity (Wildman–Crippen MR) is 115 cm³/mol. The number of carbonyl (C=O) groups is 2. The van der Waals surface area contributed by atoms with E-state index in [4.69, 9.17) is 18.9 Å². The van der Waals surface area contributed by atoms with E-state index in [1.54, 1.807) is 54.4 Å². The molecule has 0 unspecified atom stereocenters. The highest BCUT2D eigenvalue weighted by Crippen LogP contribution is 2.26. The second-order valence-corrected chi connectivity index (χ2v) is 6.94. The third kappa shape index (κ3) is 5.59. The Labute approximate surface area is 182 Å². The molecule has 1 saturated heterocycles. The number of carbonyl (C=O) groups excluding carboxylic acids is 2. The van der Waals surface area contributed by atoms with Crippen molar-refractivity contribution in [2.24, 2.45) is 0 Å². The van der Waals surface area contributed by atoms with Gasteiger partial charge >= 0.3 is 0 Å². The Morgan fingerprint density at radius 1 is 0.839 bits per heavy atom. The second kappa shape index (κ2) is 10.6. The smallest absolute Gasteiger partial charge is 0.260 e. The molecule has 0 radical (unpaired) electrons. The molecule has 0 spiro atoms. The minimum absolute atomic E-state index is 0.0783. The molecule has 1 aliphatic rings. The third-order valence-electron chi connectivity index (χ3n) is 5.02. The van der Waals surface area contributed by atoms with Gasteiger partial charge in [-0.15, -0.1) is 0 Å². The number of hydrogen-bond acceptors (Lipinski definition) is 6. The first-order chi connectivity index (χ1) is 15.0. The normalized spacial score (nSPS) is 13.5. The van der Waals surface area contributed by atoms with Gasteiger partial charge in [0.1, 0.15) is 11.5 Å². The van der Waals surface area contributed by atoms with E-state index in [0.717, 1.165) is 0 Å². The highest BCUT2D eigenvalue weighted by atomic mass is 16.5. The Bertz CT molecular complexity index is 886. The number of ether oxygens (including phenoxy) is 4. The van der Waals surface area contributed by atoms with Gasteiger partial charge in [-0.25, -0.2) is 0 Å². The van der Waals surface area contributed by atoms with Crippen LogP contribution in [0.5, 0.6) is 23.0 Å². The first-order valence-electron chi connectivity index (χ1n) is 10.2. The van der Waals surface area contributed by atoms with E-state index < -0.39 is 0 Å². The average molecular weight is 428 g/mol. The maximum absolute atomic E-state index is 12.9. The van der Waals surface area contributed by atoms with Crippen molar-refractivity contribution in [3.63, 3.8) is 0 Å². The maximum atomic E-state index is 12.9. The predicted octanol–water partition coefficient (Wildman–Crippen LogP) is 2.47. The van der Waals surface area contributed by atoms with E-state index in [-0.39, 0.29) is 18.4 Å². The summed E-state index contributed by atoms with van der Waals surface area (Å²) < 4.78 is 21.7. The topological polar surface area (TPSA) is 77.5 Å². The average Bonchev–Trinajstić information content (AvgIpc) is 2.82. The highest BCUT2D eigenvalue weighted by molar-refractivity contribution is 5.95. The summed E-state index contributed by atoms with van der Waals surface area (Å²) in [6.07, 6.45) is 0. The minimum atomic E-state index is -0.124. The molecule has 8 heteroatoms. The Morgan fingerprint density at radius 3 is 1.94 bits per heavy atom. The van der Waals surface area contributed by atoms with E-state index in [9.17, 15) is 9.59 Å². The van der Waals surface area contributed by atoms with Gasteiger partial charge in [0.05, 0.1) is 20.8 Å². The number of hydrogen-bond donors (Lipinski definition) is 0. The van der Waals surface area contributed by atoms with Crippen LogP contribution in [0.2, 0.25) is 0 Å². The van der Waals surface area contributed by atoms with E-state index in [0.29, 0.717) is 61.3 Å². The summed E-state index contributed by atoms with van der Waals surface area (Å²) in [6, 6.07) is 12.4. The van der Waals surface area contributed by atoms with Crippen molar-refractivity contribution < 1.29 is 28.5 Å². The summed E-state index contributed by atoms with van der Waals surface area (Å²) >= 11 is 0. The van der Waals surface area contributed by atoms with Gasteiger partial charge in [0.2, 0.25) is 0 Å². The lowest BCUT2D eigenvalue weighted by Crippen LogP contribution is -2.51. The molecule has 0 saturated carbocycles. The third-order valence-corrected chi connectivity index (χ3v) is 5.02. The fourth-order valence-corrected chi connectivity index (χ4v) is 3.35. The van der Waals surface area contributed by atoms with E-state index in [2.05, 4.69) is 0 Å². The fourth-order valence-electron chi connectivity index (χ4n) is 3.35. The number of para-hydroxylation sites is 2. The Hall–Kier alpha value is -3.42. The molecular weight excluding hydrogens is 400 g/mol. The van der Waals surface area contributed by atoms with Crippen LogP contribution in [0.3, 0.4) is 0 Å². The molecule has 0 aromatic heterocycles. The second-order valence-electron chi connectivity index (χ2n) is 6.94. The molecule has 0 bridgehead atoms. The number of rotatable bonds is 8. The van der Waals surface area contributed by atoms with Crippen LogP contribution >= 0.6 is 0 Å². The zero-order valence-electron chi connectivity index (χ0n) is 18.1. The lowest BCUT2D eigenvalue weighted by Gasteiger charge is -2.34. The van der Waals surface area contributed by atoms with Crippen molar-refractivity contribution in [2.75, 3.05) is 53.6 Å². The van der Waals surface area contributed by atoms with Gasteiger partial charge in [-0.05, 0) is 31.2 Å². The van der Waals surface area contributed by atoms with Crippen molar-refractivity contribution in [1.82, 2.24) is 9.80 Å². The Kier molecular flexibility index (Phi) is 7.59. The van der Waals surface area contributed by atoms with Crippen LogP contribution in [-0.4, -0.2) is 75.2 Å². The van der Waals surface area contributed by atoms with E-state index in [1.807, 2.05) is 19.1 Å². The van der Waals surface area contributed by atoms with Gasteiger partial charge in [-0.1, -0.05) is 12.1 Å². The standard InChI is InChI=1S/C23H28N2O6/c1-4-30-20-7-5-6-8-21(20)31-16-22(26)24-9-11-25(12-10-24)23(27)17-13-18(28-2)15-19(14-17)29-3/h5-8,13-15H,4,9-12,16H2,1-3H3. The van der Waals surface area contributed by atoms with Crippen molar-refractivity contribution in [3.8, 4) is 23.0 Å². The van der Waals surface area contributed by atoms with E-state index in [1.165, 1.54) is 0 Å². The van der Waals surface area contributed by atoms with Gasteiger partial charge in [0, 0.05) is 37.8 Å². The Morgan fingerprint density at radius 2 is 1.39 bits per heavy atom. The molecule has 0 atom stereocenters. The first-order valence-corrected chi connectivity index (χ1v) is 10.2. The summed E-state index contributed by atoms with van der Waals surface area (Å²) in [5, 5.41) is 0. The summed E-state index contributed by atoms with van der Waals surface area (Å²) in [4.78, 5) is 28.9. The summed E-state index contributed by atoms with van der Waals surface area (Å²) in [7, 11) is 3.09. The monoisotopic (exact) mass is 428 g/mol. The lowest BCUT2D eigenvalue weighted by molar-refractivity contribution is -0.134. The van der Waals surface area contributed by atoms with Gasteiger partial charge in [-0.2, -0.15) is 0 Å². The molecule has 0 aliphatic carbocycles. The summed E-state index contributed by atoms with van der Waals surface area (Å²) in [6.45, 7) is 4.11. The first kappa shape index (κ1) is 22.3. The molecular formula is C23H28N2O6. The lowest BCUT2D eigenvalue weighted by atomic mass is 10.1. The van der Waals surface area contributed by atoms with Crippen LogP contribution in [0.1, 0.15) is 17.3 Å².